The van der Waals surface area contributed by atoms with E-state index in [1.54, 1.807) is 142 Å². The van der Waals surface area contributed by atoms with E-state index < -0.39 is 81.3 Å². The van der Waals surface area contributed by atoms with Crippen LogP contribution in [0.4, 0.5) is 45.9 Å². The maximum absolute atomic E-state index is 15.3. The van der Waals surface area contributed by atoms with Gasteiger partial charge in [-0.1, -0.05) is 63.1 Å². The van der Waals surface area contributed by atoms with E-state index in [1.165, 1.54) is 17.3 Å². The Morgan fingerprint density at radius 1 is 0.558 bits per heavy atom. The minimum Gasteiger partial charge on any atom is -0.477 e. The van der Waals surface area contributed by atoms with Gasteiger partial charge in [-0.15, -0.1) is 22.7 Å². The summed E-state index contributed by atoms with van der Waals surface area (Å²) >= 11 is 3.22. The summed E-state index contributed by atoms with van der Waals surface area (Å²) in [6, 6.07) is 27.1. The Morgan fingerprint density at radius 3 is 1.31 bits per heavy atom. The number of nitrogens with two attached hydrogens (primary N) is 1. The number of aromatic nitrogens is 2. The predicted octanol–water partition coefficient (Wildman–Crippen LogP) is 13.4. The topological polar surface area (TPSA) is 341 Å². The summed E-state index contributed by atoms with van der Waals surface area (Å²) in [6.45, 7) is 16.7. The monoisotopic (exact) mass is 1590 g/mol. The Hall–Kier alpha value is -10.9. The van der Waals surface area contributed by atoms with Crippen molar-refractivity contribution < 1.29 is 76.4 Å². The molecule has 0 unspecified atom stereocenters. The molecule has 2 aliphatic rings. The number of amides is 5. The highest BCUT2D eigenvalue weighted by Crippen LogP contribution is 2.31. The van der Waals surface area contributed by atoms with Gasteiger partial charge in [0.25, 0.3) is 0 Å². The highest BCUT2D eigenvalue weighted by atomic mass is 32.1. The maximum atomic E-state index is 15.3. The molecular weight excluding hydrogens is 1500 g/mol. The number of hydrogen-bond acceptors (Lipinski definition) is 19. The number of benzene rings is 4. The minimum absolute atomic E-state index is 0.00435. The van der Waals surface area contributed by atoms with Crippen molar-refractivity contribution in [3.05, 3.63) is 184 Å². The third-order valence-corrected chi connectivity index (χ3v) is 21.7. The van der Waals surface area contributed by atoms with Crippen molar-refractivity contribution in [1.82, 2.24) is 24.3 Å². The van der Waals surface area contributed by atoms with Gasteiger partial charge in [-0.3, -0.25) is 28.8 Å². The number of aromatic carboxylic acids is 2. The Morgan fingerprint density at radius 2 is 0.956 bits per heavy atom. The summed E-state index contributed by atoms with van der Waals surface area (Å²) in [4.78, 5) is 149. The Balaban J connectivity index is 0.000000261. The largest absolute Gasteiger partial charge is 0.477 e. The molecular formula is C83H100F2N10O16S2. The zero-order chi connectivity index (χ0) is 81.6. The highest BCUT2D eigenvalue weighted by Gasteiger charge is 2.31. The Bertz CT molecular complexity index is 4780. The molecule has 7 N–H and O–H groups in total. The Labute approximate surface area is 662 Å². The van der Waals surface area contributed by atoms with Crippen molar-refractivity contribution in [2.45, 2.75) is 145 Å². The van der Waals surface area contributed by atoms with Gasteiger partial charge in [-0.25, -0.2) is 32.8 Å². The molecule has 0 bridgehead atoms. The number of fused-ring (bicyclic) bond motifs is 2. The first kappa shape index (κ1) is 86.1. The van der Waals surface area contributed by atoms with Gasteiger partial charge in [-0.05, 0) is 162 Å². The number of nitrogens with one attached hydrogen (secondary N) is 3. The number of thiophene rings is 2. The summed E-state index contributed by atoms with van der Waals surface area (Å²) in [6.07, 6.45) is 6.27. The SMILES string of the molecule is CCn1cc(C(=O)O)c(=O)c2cc(F)c(N3CCN(C(=O)OCc4ccc(NC(=O)[C@H](CCCCN)CC(=O)[C@@H](C)Cc5cccs5)cc4)CC3)cc21.CCn1cc(C(=O)O)c(=O)c2cc(F)c(N3CCN(C(=O)OCc4ccc(NC(=O)[C@H](CCCCNC(=O)OC(C)(C)C)CC(=O)[C@@H](C)Cc5cccs5)cc4)CC3)cc21. The minimum atomic E-state index is -1.38. The lowest BCUT2D eigenvalue weighted by Gasteiger charge is -2.35. The number of carboxylic acid groups (broad SMARTS) is 2. The number of carboxylic acids is 2. The molecule has 26 nitrogen and oxygen atoms in total. The fourth-order valence-electron chi connectivity index (χ4n) is 13.5. The lowest BCUT2D eigenvalue weighted by Crippen LogP contribution is -2.49. The number of ketones is 2. The van der Waals surface area contributed by atoms with E-state index in [0.717, 1.165) is 40.3 Å². The molecule has 113 heavy (non-hydrogen) atoms. The van der Waals surface area contributed by atoms with Crippen molar-refractivity contribution in [1.29, 1.82) is 0 Å². The number of pyridine rings is 2. The average molecular weight is 1600 g/mol. The van der Waals surface area contributed by atoms with E-state index in [-0.39, 0.29) is 110 Å². The number of anilines is 4. The van der Waals surface area contributed by atoms with Crippen LogP contribution in [0.3, 0.4) is 0 Å². The van der Waals surface area contributed by atoms with Crippen molar-refractivity contribution in [2.75, 3.05) is 85.9 Å². The van der Waals surface area contributed by atoms with E-state index in [2.05, 4.69) is 16.0 Å². The second-order valence-corrected chi connectivity index (χ2v) is 31.4. The molecule has 6 heterocycles. The van der Waals surface area contributed by atoms with Crippen LogP contribution < -0.4 is 42.3 Å². The van der Waals surface area contributed by atoms with Crippen molar-refractivity contribution in [3.8, 4) is 0 Å². The van der Waals surface area contributed by atoms with Gasteiger partial charge in [0.2, 0.25) is 22.7 Å². The van der Waals surface area contributed by atoms with E-state index >= 15 is 8.78 Å². The summed E-state index contributed by atoms with van der Waals surface area (Å²) in [7, 11) is 0. The van der Waals surface area contributed by atoms with Crippen molar-refractivity contribution >= 4 is 121 Å². The third-order valence-electron chi connectivity index (χ3n) is 19.9. The lowest BCUT2D eigenvalue weighted by molar-refractivity contribution is -0.128. The first-order valence-corrected chi connectivity index (χ1v) is 39.9. The van der Waals surface area contributed by atoms with Gasteiger partial charge in [0.05, 0.1) is 22.4 Å². The first-order valence-electron chi connectivity index (χ1n) is 38.1. The van der Waals surface area contributed by atoms with Crippen molar-refractivity contribution in [3.63, 3.8) is 0 Å². The van der Waals surface area contributed by atoms with Crippen molar-refractivity contribution in [2.24, 2.45) is 29.4 Å². The summed E-state index contributed by atoms with van der Waals surface area (Å²) in [5, 5.41) is 31.4. The predicted molar refractivity (Wildman–Crippen MR) is 431 cm³/mol. The number of carbonyl (C=O) groups is 9. The van der Waals surface area contributed by atoms with Gasteiger partial charge >= 0.3 is 30.2 Å². The number of unbranched alkanes of at least 4 members (excludes halogenated alkanes) is 2. The van der Waals surface area contributed by atoms with Crippen LogP contribution in [0.1, 0.15) is 141 Å². The molecule has 30 heteroatoms. The van der Waals surface area contributed by atoms with Crippen LogP contribution in [0.25, 0.3) is 21.8 Å². The molecule has 604 valence electrons. The van der Waals surface area contributed by atoms with Crippen LogP contribution in [0, 0.1) is 35.3 Å². The maximum Gasteiger partial charge on any atom is 0.410 e. The molecule has 10 rings (SSSR count). The quantitative estimate of drug-likeness (QED) is 0.0164. The number of Topliss-reactive ketones (excluding diaryl/α,β-unsaturated/α-hetero) is 2. The van der Waals surface area contributed by atoms with Gasteiger partial charge in [0.15, 0.2) is 0 Å². The number of rotatable bonds is 33. The number of nitrogens with zero attached hydrogens (tertiary/aromatic N) is 6. The number of aryl methyl sites for hydroxylation is 2. The first-order chi connectivity index (χ1) is 54.0. The normalized spacial score (nSPS) is 14.1. The standard InChI is InChI=1S/C44H54FN5O9S.C39H46FN5O7S/c1-6-48-26-34(41(54)55)39(52)33-24-35(45)37(25-36(33)48)49-17-19-50(20-18-49)43(57)58-27-29-12-14-31(15-13-29)47-40(53)30(10-7-8-16-46-42(56)59-44(3,4)5)23-38(51)28(2)22-32-11-9-21-60-32;1-3-43-23-31(38(49)50)36(47)30-21-32(40)34(22-33(30)43)44-14-16-45(17-15-44)39(51)52-24-26-9-11-28(12-10-26)42-37(48)27(7-4-5-13-41)20-35(46)25(2)19-29-8-6-18-53-29/h9,11-15,21,24-26,28,30H,6-8,10,16-20,22-23,27H2,1-5H3,(H,46,56)(H,47,53)(H,54,55);6,8-12,18,21-23,25,27H,3-5,7,13-17,19-20,24,41H2,1-2H3,(H,42,48)(H,49,50)/t28-,30+;25-,27+/m00/s1. The van der Waals surface area contributed by atoms with Crippen LogP contribution in [-0.2, 0) is 72.5 Å². The fourth-order valence-corrected chi connectivity index (χ4v) is 15.2. The van der Waals surface area contributed by atoms with Gasteiger partial charge in [-0.2, -0.15) is 0 Å². The molecule has 2 fully saturated rings. The number of alkyl carbamates (subject to hydrolysis) is 1. The van der Waals surface area contributed by atoms with Gasteiger partial charge in [0.1, 0.15) is 53.1 Å². The molecule has 4 aromatic heterocycles. The van der Waals surface area contributed by atoms with Gasteiger partial charge < -0.3 is 74.8 Å². The number of ether oxygens (including phenoxy) is 3. The number of hydrogen-bond donors (Lipinski definition) is 6. The second kappa shape index (κ2) is 40.6. The molecule has 0 radical (unpaired) electrons. The van der Waals surface area contributed by atoms with Crippen LogP contribution in [0.5, 0.6) is 0 Å². The molecule has 4 aromatic carbocycles. The van der Waals surface area contributed by atoms with E-state index in [1.807, 2.05) is 48.9 Å². The Kier molecular flexibility index (Phi) is 30.9. The summed E-state index contributed by atoms with van der Waals surface area (Å²) in [5.41, 5.74) is 6.61. The van der Waals surface area contributed by atoms with Gasteiger partial charge in [0, 0.05) is 153 Å². The zero-order valence-electron chi connectivity index (χ0n) is 64.8. The molecule has 2 saturated heterocycles. The number of carbonyl (C=O) groups excluding carboxylic acids is 7. The van der Waals surface area contributed by atoms with E-state index in [9.17, 15) is 63.0 Å². The summed E-state index contributed by atoms with van der Waals surface area (Å²) < 4.78 is 50.2. The van der Waals surface area contributed by atoms with Crippen LogP contribution in [0.2, 0.25) is 0 Å². The average Bonchev–Trinajstić information content (AvgIpc) is 1.11. The fraction of sp³-hybridized carbons (Fsp3) is 0.434. The third kappa shape index (κ3) is 24.1. The van der Waals surface area contributed by atoms with E-state index in [4.69, 9.17) is 19.9 Å². The molecule has 0 saturated carbocycles. The van der Waals surface area contributed by atoms with Crippen LogP contribution >= 0.6 is 22.7 Å². The second-order valence-electron chi connectivity index (χ2n) is 29.3. The molecule has 0 aliphatic carbocycles. The molecule has 0 spiro atoms. The highest BCUT2D eigenvalue weighted by molar-refractivity contribution is 7.10. The number of halogens is 2. The smallest absolute Gasteiger partial charge is 0.410 e. The molecule has 4 atom stereocenters. The molecule has 5 amide bonds. The van der Waals surface area contributed by atoms with Crippen LogP contribution in [-0.4, -0.2) is 154 Å². The molecule has 8 aromatic rings. The number of piperazine rings is 2. The molecule has 2 aliphatic heterocycles. The zero-order valence-corrected chi connectivity index (χ0v) is 66.4. The van der Waals surface area contributed by atoms with E-state index in [0.29, 0.717) is 119 Å². The lowest BCUT2D eigenvalue weighted by atomic mass is 9.89. The summed E-state index contributed by atoms with van der Waals surface area (Å²) in [5.74, 6) is -5.94. The van der Waals surface area contributed by atoms with Crippen LogP contribution in [0.15, 0.2) is 130 Å².